The molecule has 5 heteroatoms. The predicted octanol–water partition coefficient (Wildman–Crippen LogP) is 2.10. The first-order chi connectivity index (χ1) is 7.66. The summed E-state index contributed by atoms with van der Waals surface area (Å²) in [5, 5.41) is 3.30. The summed E-state index contributed by atoms with van der Waals surface area (Å²) in [7, 11) is 0. The Bertz CT molecular complexity index is 397. The second-order valence-corrected chi connectivity index (χ2v) is 4.26. The van der Waals surface area contributed by atoms with Crippen molar-refractivity contribution in [3.63, 3.8) is 0 Å². The highest BCUT2D eigenvalue weighted by molar-refractivity contribution is 6.30. The van der Waals surface area contributed by atoms with Crippen LogP contribution in [0.3, 0.4) is 0 Å². The lowest BCUT2D eigenvalue weighted by molar-refractivity contribution is -0.121. The summed E-state index contributed by atoms with van der Waals surface area (Å²) in [6, 6.07) is 3.29. The first-order valence-corrected chi connectivity index (χ1v) is 5.58. The highest BCUT2D eigenvalue weighted by atomic mass is 35.5. The third-order valence-electron chi connectivity index (χ3n) is 2.69. The van der Waals surface area contributed by atoms with Gasteiger partial charge in [-0.1, -0.05) is 11.6 Å². The molecule has 1 fully saturated rings. The second-order valence-electron chi connectivity index (χ2n) is 3.82. The van der Waals surface area contributed by atoms with Gasteiger partial charge in [-0.3, -0.25) is 4.79 Å². The maximum Gasteiger partial charge on any atom is 0.231 e. The number of nitrogens with one attached hydrogen (secondary N) is 1. The first-order valence-electron chi connectivity index (χ1n) is 5.21. The molecule has 86 valence electrons. The minimum Gasteiger partial charge on any atom is -0.378 e. The van der Waals surface area contributed by atoms with Gasteiger partial charge in [0.05, 0.1) is 12.0 Å². The van der Waals surface area contributed by atoms with Crippen LogP contribution in [0.2, 0.25) is 5.02 Å². The van der Waals surface area contributed by atoms with Crippen molar-refractivity contribution in [3.8, 4) is 0 Å². The molecule has 1 amide bonds. The van der Waals surface area contributed by atoms with Gasteiger partial charge in [0.1, 0.15) is 5.82 Å². The topological polar surface area (TPSA) is 51.2 Å². The fraction of sp³-hybridized carbons (Fsp3) is 0.455. The summed E-state index contributed by atoms with van der Waals surface area (Å²) < 4.78 is 5.34. The normalized spacial score (nSPS) is 24.4. The molecule has 0 spiro atoms. The quantitative estimate of drug-likeness (QED) is 0.861. The van der Waals surface area contributed by atoms with Crippen molar-refractivity contribution in [2.24, 2.45) is 5.92 Å². The van der Waals surface area contributed by atoms with Crippen LogP contribution < -0.4 is 5.32 Å². The Hall–Kier alpha value is -1.13. The maximum atomic E-state index is 11.9. The molecule has 1 aromatic rings. The Morgan fingerprint density at radius 2 is 2.50 bits per heavy atom. The number of ether oxygens (including phenoxy) is 1. The molecule has 1 aliphatic heterocycles. The number of carbonyl (C=O) groups excluding carboxylic acids is 1. The molecule has 0 bridgehead atoms. The third kappa shape index (κ3) is 2.51. The van der Waals surface area contributed by atoms with Crippen molar-refractivity contribution in [2.45, 2.75) is 19.4 Å². The SMILES string of the molecule is CC1OCCC1C(=O)Nc1cc(Cl)ccn1. The Morgan fingerprint density at radius 1 is 1.69 bits per heavy atom. The van der Waals surface area contributed by atoms with Gasteiger partial charge in [0.15, 0.2) is 0 Å². The molecular formula is C11H13ClN2O2. The minimum atomic E-state index is -0.0965. The maximum absolute atomic E-state index is 11.9. The number of aromatic nitrogens is 1. The highest BCUT2D eigenvalue weighted by Crippen LogP contribution is 2.22. The average molecular weight is 241 g/mol. The highest BCUT2D eigenvalue weighted by Gasteiger charge is 2.30. The first kappa shape index (κ1) is 11.4. The number of hydrogen-bond donors (Lipinski definition) is 1. The summed E-state index contributed by atoms with van der Waals surface area (Å²) in [5.74, 6) is 0.331. The molecule has 2 unspecified atom stereocenters. The van der Waals surface area contributed by atoms with Crippen molar-refractivity contribution in [3.05, 3.63) is 23.4 Å². The van der Waals surface area contributed by atoms with E-state index in [-0.39, 0.29) is 17.9 Å². The number of carbonyl (C=O) groups is 1. The molecule has 1 saturated heterocycles. The van der Waals surface area contributed by atoms with E-state index in [1.165, 1.54) is 0 Å². The van der Waals surface area contributed by atoms with E-state index in [2.05, 4.69) is 10.3 Å². The van der Waals surface area contributed by atoms with E-state index < -0.39 is 0 Å². The molecule has 0 aliphatic carbocycles. The van der Waals surface area contributed by atoms with Crippen molar-refractivity contribution >= 4 is 23.3 Å². The molecule has 4 nitrogen and oxygen atoms in total. The van der Waals surface area contributed by atoms with Crippen molar-refractivity contribution in [1.82, 2.24) is 4.98 Å². The van der Waals surface area contributed by atoms with Gasteiger partial charge in [0.25, 0.3) is 0 Å². The lowest BCUT2D eigenvalue weighted by atomic mass is 10.0. The van der Waals surface area contributed by atoms with Crippen LogP contribution in [0.15, 0.2) is 18.3 Å². The number of amides is 1. The van der Waals surface area contributed by atoms with Crippen LogP contribution in [-0.2, 0) is 9.53 Å². The smallest absolute Gasteiger partial charge is 0.231 e. The fourth-order valence-corrected chi connectivity index (χ4v) is 1.93. The van der Waals surface area contributed by atoms with E-state index in [1.54, 1.807) is 18.3 Å². The van der Waals surface area contributed by atoms with Crippen LogP contribution in [0.25, 0.3) is 0 Å². The molecule has 0 radical (unpaired) electrons. The second kappa shape index (κ2) is 4.80. The van der Waals surface area contributed by atoms with Crippen LogP contribution >= 0.6 is 11.6 Å². The van der Waals surface area contributed by atoms with Gasteiger partial charge < -0.3 is 10.1 Å². The van der Waals surface area contributed by atoms with Gasteiger partial charge in [-0.05, 0) is 25.5 Å². The van der Waals surface area contributed by atoms with Crippen molar-refractivity contribution in [2.75, 3.05) is 11.9 Å². The van der Waals surface area contributed by atoms with E-state index in [4.69, 9.17) is 16.3 Å². The Kier molecular flexibility index (Phi) is 3.41. The fourth-order valence-electron chi connectivity index (χ4n) is 1.77. The number of anilines is 1. The molecule has 1 aliphatic rings. The van der Waals surface area contributed by atoms with Gasteiger partial charge in [-0.15, -0.1) is 0 Å². The standard InChI is InChI=1S/C11H13ClN2O2/c1-7-9(3-5-16-7)11(15)14-10-6-8(12)2-4-13-10/h2,4,6-7,9H,3,5H2,1H3,(H,13,14,15). The molecule has 1 N–H and O–H groups in total. The van der Waals surface area contributed by atoms with Crippen molar-refractivity contribution in [1.29, 1.82) is 0 Å². The van der Waals surface area contributed by atoms with Gasteiger partial charge in [0.2, 0.25) is 5.91 Å². The number of hydrogen-bond acceptors (Lipinski definition) is 3. The molecule has 2 rings (SSSR count). The lowest BCUT2D eigenvalue weighted by Crippen LogP contribution is -2.28. The summed E-state index contributed by atoms with van der Waals surface area (Å²) in [4.78, 5) is 15.9. The van der Waals surface area contributed by atoms with Crippen LogP contribution in [0.4, 0.5) is 5.82 Å². The van der Waals surface area contributed by atoms with Gasteiger partial charge >= 0.3 is 0 Å². The lowest BCUT2D eigenvalue weighted by Gasteiger charge is -2.13. The molecule has 2 atom stereocenters. The third-order valence-corrected chi connectivity index (χ3v) is 2.92. The Morgan fingerprint density at radius 3 is 3.12 bits per heavy atom. The molecule has 2 heterocycles. The van der Waals surface area contributed by atoms with E-state index >= 15 is 0 Å². The minimum absolute atomic E-state index is 0.0285. The Labute approximate surface area is 99.0 Å². The zero-order valence-electron chi connectivity index (χ0n) is 8.94. The zero-order chi connectivity index (χ0) is 11.5. The van der Waals surface area contributed by atoms with E-state index in [0.29, 0.717) is 17.4 Å². The number of halogens is 1. The summed E-state index contributed by atoms with van der Waals surface area (Å²) in [6.07, 6.45) is 2.29. The molecule has 1 aromatic heterocycles. The van der Waals surface area contributed by atoms with Gasteiger partial charge in [0, 0.05) is 17.8 Å². The number of nitrogens with zero attached hydrogens (tertiary/aromatic N) is 1. The predicted molar refractivity (Wildman–Crippen MR) is 61.4 cm³/mol. The average Bonchev–Trinajstić information content (AvgIpc) is 2.64. The van der Waals surface area contributed by atoms with E-state index in [0.717, 1.165) is 6.42 Å². The van der Waals surface area contributed by atoms with Gasteiger partial charge in [-0.2, -0.15) is 0 Å². The van der Waals surface area contributed by atoms with Crippen molar-refractivity contribution < 1.29 is 9.53 Å². The van der Waals surface area contributed by atoms with Crippen LogP contribution in [-0.4, -0.2) is 23.6 Å². The van der Waals surface area contributed by atoms with Crippen LogP contribution in [0.1, 0.15) is 13.3 Å². The molecule has 0 aromatic carbocycles. The van der Waals surface area contributed by atoms with E-state index in [9.17, 15) is 4.79 Å². The zero-order valence-corrected chi connectivity index (χ0v) is 9.70. The number of pyridine rings is 1. The molecule has 0 saturated carbocycles. The largest absolute Gasteiger partial charge is 0.378 e. The summed E-state index contributed by atoms with van der Waals surface area (Å²) in [6.45, 7) is 2.55. The Balaban J connectivity index is 2.02. The van der Waals surface area contributed by atoms with Crippen LogP contribution in [0.5, 0.6) is 0 Å². The molecular weight excluding hydrogens is 228 g/mol. The summed E-state index contributed by atoms with van der Waals surface area (Å²) >= 11 is 5.80. The molecule has 16 heavy (non-hydrogen) atoms. The van der Waals surface area contributed by atoms with Gasteiger partial charge in [-0.25, -0.2) is 4.98 Å². The van der Waals surface area contributed by atoms with Crippen LogP contribution in [0, 0.1) is 5.92 Å². The number of rotatable bonds is 2. The summed E-state index contributed by atoms with van der Waals surface area (Å²) in [5.41, 5.74) is 0. The van der Waals surface area contributed by atoms with E-state index in [1.807, 2.05) is 6.92 Å². The monoisotopic (exact) mass is 240 g/mol.